The summed E-state index contributed by atoms with van der Waals surface area (Å²) >= 11 is 0. The molecular weight excluding hydrogens is 135 g/mol. The van der Waals surface area contributed by atoms with Crippen LogP contribution in [0.5, 0.6) is 0 Å². The third-order valence-electron chi connectivity index (χ3n) is 0.129. The van der Waals surface area contributed by atoms with Gasteiger partial charge in [0.15, 0.2) is 0 Å². The Morgan fingerprint density at radius 3 is 1.75 bits per heavy atom. The Hall–Kier alpha value is 0.806. The molecule has 0 aliphatic carbocycles. The maximum Gasteiger partial charge on any atom is 1.00 e. The van der Waals surface area contributed by atoms with E-state index in [9.17, 15) is 0 Å². The minimum Gasteiger partial charge on any atom is -0.548 e. The number of carbonyl (C=O) groups is 1. The predicted octanol–water partition coefficient (Wildman–Crippen LogP) is -4.47. The molecule has 8 heavy (non-hydrogen) atoms. The van der Waals surface area contributed by atoms with Crippen molar-refractivity contribution in [1.82, 2.24) is 0 Å². The van der Waals surface area contributed by atoms with Crippen LogP contribution in [-0.4, -0.2) is 17.7 Å². The van der Waals surface area contributed by atoms with Gasteiger partial charge in [0.05, 0.1) is 12.6 Å². The molecule has 4 heteroatoms. The van der Waals surface area contributed by atoms with E-state index in [0.717, 1.165) is 0 Å². The van der Waals surface area contributed by atoms with Crippen molar-refractivity contribution in [3.8, 4) is 0 Å². The zero-order valence-corrected chi connectivity index (χ0v) is 8.01. The molecule has 1 N–H and O–H groups in total. The van der Waals surface area contributed by atoms with Crippen LogP contribution >= 0.6 is 0 Å². The van der Waals surface area contributed by atoms with Crippen molar-refractivity contribution in [3.63, 3.8) is 0 Å². The van der Waals surface area contributed by atoms with Crippen molar-refractivity contribution in [1.29, 1.82) is 0 Å². The van der Waals surface area contributed by atoms with Gasteiger partial charge in [-0.05, 0) is 0 Å². The Balaban J connectivity index is -0.0000000750. The summed E-state index contributed by atoms with van der Waals surface area (Å²) in [5.41, 5.74) is 0. The van der Waals surface area contributed by atoms with Crippen LogP contribution in [0.15, 0.2) is 13.2 Å². The van der Waals surface area contributed by atoms with Crippen molar-refractivity contribution < 1.29 is 66.4 Å². The van der Waals surface area contributed by atoms with E-state index in [0.29, 0.717) is 0 Å². The summed E-state index contributed by atoms with van der Waals surface area (Å²) in [6, 6.07) is 0. The summed E-state index contributed by atoms with van der Waals surface area (Å²) < 4.78 is 0. The molecule has 0 aromatic heterocycles. The Morgan fingerprint density at radius 1 is 1.62 bits per heavy atom. The SMILES string of the molecule is C=C.O=C([O-])CO.[K+]. The number of aliphatic hydroxyl groups excluding tert-OH is 1. The minimum atomic E-state index is -1.44. The van der Waals surface area contributed by atoms with E-state index in [2.05, 4.69) is 13.2 Å². The van der Waals surface area contributed by atoms with Gasteiger partial charge in [-0.3, -0.25) is 0 Å². The third kappa shape index (κ3) is 29.1. The maximum atomic E-state index is 9.01. The number of carbonyl (C=O) groups excluding carboxylic acids is 1. The molecule has 0 fully saturated rings. The Morgan fingerprint density at radius 2 is 1.75 bits per heavy atom. The molecule has 0 rings (SSSR count). The van der Waals surface area contributed by atoms with Gasteiger partial charge in [-0.25, -0.2) is 0 Å². The van der Waals surface area contributed by atoms with Gasteiger partial charge in [-0.1, -0.05) is 0 Å². The predicted molar refractivity (Wildman–Crippen MR) is 23.3 cm³/mol. The summed E-state index contributed by atoms with van der Waals surface area (Å²) in [5, 5.41) is 16.5. The van der Waals surface area contributed by atoms with Crippen LogP contribution in [0.4, 0.5) is 0 Å². The van der Waals surface area contributed by atoms with E-state index in [4.69, 9.17) is 15.0 Å². The first-order chi connectivity index (χ1) is 3.27. The number of carboxylic acid groups (broad SMARTS) is 1. The van der Waals surface area contributed by atoms with Gasteiger partial charge in [-0.2, -0.15) is 0 Å². The number of hydrogen-bond acceptors (Lipinski definition) is 3. The van der Waals surface area contributed by atoms with Crippen LogP contribution in [0, 0.1) is 0 Å². The molecule has 0 spiro atoms. The van der Waals surface area contributed by atoms with Crippen LogP contribution in [0.25, 0.3) is 0 Å². The first kappa shape index (κ1) is 15.9. The monoisotopic (exact) mass is 142 g/mol. The van der Waals surface area contributed by atoms with Gasteiger partial charge < -0.3 is 15.0 Å². The third-order valence-corrected chi connectivity index (χ3v) is 0.129. The van der Waals surface area contributed by atoms with Crippen LogP contribution in [0.1, 0.15) is 0 Å². The zero-order valence-electron chi connectivity index (χ0n) is 4.89. The first-order valence-corrected chi connectivity index (χ1v) is 1.58. The summed E-state index contributed by atoms with van der Waals surface area (Å²) in [6.07, 6.45) is 0. The fourth-order valence-electron chi connectivity index (χ4n) is 0. The molecule has 0 unspecified atom stereocenters. The van der Waals surface area contributed by atoms with Gasteiger partial charge in [0.2, 0.25) is 0 Å². The van der Waals surface area contributed by atoms with E-state index in [1.807, 2.05) is 0 Å². The number of carboxylic acids is 1. The molecule has 0 saturated carbocycles. The number of rotatable bonds is 1. The molecule has 0 bridgehead atoms. The second kappa shape index (κ2) is 15.7. The molecule has 42 valence electrons. The quantitative estimate of drug-likeness (QED) is 0.297. The van der Waals surface area contributed by atoms with Crippen molar-refractivity contribution in [2.45, 2.75) is 0 Å². The molecule has 0 atom stereocenters. The van der Waals surface area contributed by atoms with Gasteiger partial charge in [-0.15, -0.1) is 13.2 Å². The summed E-state index contributed by atoms with van der Waals surface area (Å²) in [6.45, 7) is 5.11. The molecule has 0 amide bonds. The fraction of sp³-hybridized carbons (Fsp3) is 0.250. The van der Waals surface area contributed by atoms with Crippen LogP contribution in [0.2, 0.25) is 0 Å². The normalized spacial score (nSPS) is 5.12. The molecule has 0 aliphatic rings. The number of hydrogen-bond donors (Lipinski definition) is 1. The van der Waals surface area contributed by atoms with Gasteiger partial charge in [0.1, 0.15) is 0 Å². The number of aliphatic carboxylic acids is 1. The average Bonchev–Trinajstić information content (AvgIpc) is 1.73. The van der Waals surface area contributed by atoms with E-state index in [-0.39, 0.29) is 51.4 Å². The second-order valence-electron chi connectivity index (χ2n) is 0.530. The van der Waals surface area contributed by atoms with Crippen molar-refractivity contribution >= 4 is 5.97 Å². The van der Waals surface area contributed by atoms with E-state index >= 15 is 0 Å². The minimum absolute atomic E-state index is 0. The fourth-order valence-corrected chi connectivity index (χ4v) is 0. The first-order valence-electron chi connectivity index (χ1n) is 1.58. The summed E-state index contributed by atoms with van der Waals surface area (Å²) in [5.74, 6) is -1.44. The molecule has 3 nitrogen and oxygen atoms in total. The summed E-state index contributed by atoms with van der Waals surface area (Å²) in [4.78, 5) is 9.01. The van der Waals surface area contributed by atoms with Crippen LogP contribution in [-0.2, 0) is 4.79 Å². The molecular formula is C4H7KO3. The topological polar surface area (TPSA) is 60.4 Å². The smallest absolute Gasteiger partial charge is 0.548 e. The summed E-state index contributed by atoms with van der Waals surface area (Å²) in [7, 11) is 0. The van der Waals surface area contributed by atoms with E-state index in [1.54, 1.807) is 0 Å². The maximum absolute atomic E-state index is 9.01. The molecule has 0 heterocycles. The van der Waals surface area contributed by atoms with Crippen molar-refractivity contribution in [2.24, 2.45) is 0 Å². The van der Waals surface area contributed by atoms with Gasteiger partial charge in [0, 0.05) is 0 Å². The zero-order chi connectivity index (χ0) is 6.28. The van der Waals surface area contributed by atoms with Crippen molar-refractivity contribution in [2.75, 3.05) is 6.61 Å². The standard InChI is InChI=1S/C2H4O3.C2H4.K/c3-1-2(4)5;1-2;/h3H,1H2,(H,4,5);1-2H2;/q;;+1/p-1. The Labute approximate surface area is 90.8 Å². The van der Waals surface area contributed by atoms with E-state index < -0.39 is 12.6 Å². The Kier molecular flexibility index (Phi) is 31.1. The molecule has 0 saturated heterocycles. The van der Waals surface area contributed by atoms with Gasteiger partial charge in [0.25, 0.3) is 0 Å². The average molecular weight is 142 g/mol. The van der Waals surface area contributed by atoms with Crippen molar-refractivity contribution in [3.05, 3.63) is 13.2 Å². The molecule has 0 aromatic carbocycles. The molecule has 0 aliphatic heterocycles. The molecule has 0 radical (unpaired) electrons. The number of aliphatic hydroxyl groups is 1. The van der Waals surface area contributed by atoms with Gasteiger partial charge >= 0.3 is 51.4 Å². The van der Waals surface area contributed by atoms with Crippen LogP contribution < -0.4 is 56.5 Å². The second-order valence-corrected chi connectivity index (χ2v) is 0.530. The van der Waals surface area contributed by atoms with E-state index in [1.165, 1.54) is 0 Å². The largest absolute Gasteiger partial charge is 1.00 e. The van der Waals surface area contributed by atoms with Crippen LogP contribution in [0.3, 0.4) is 0 Å². The Bertz CT molecular complexity index is 55.2. The molecule has 0 aromatic rings.